The number of aryl methyl sites for hydroxylation is 1. The number of aliphatic hydroxyl groups is 1. The predicted molar refractivity (Wildman–Crippen MR) is 54.0 cm³/mol. The second kappa shape index (κ2) is 3.89. The smallest absolute Gasteiger partial charge is 0.111 e. The first kappa shape index (κ1) is 9.36. The van der Waals surface area contributed by atoms with E-state index in [0.29, 0.717) is 6.42 Å². The minimum atomic E-state index is -0.553. The predicted octanol–water partition coefficient (Wildman–Crippen LogP) is 1.15. The Morgan fingerprint density at radius 2 is 2.43 bits per heavy atom. The molecule has 0 aromatic carbocycles. The van der Waals surface area contributed by atoms with Gasteiger partial charge in [0.2, 0.25) is 0 Å². The maximum Gasteiger partial charge on any atom is 0.111 e. The van der Waals surface area contributed by atoms with Gasteiger partial charge in [0, 0.05) is 31.2 Å². The molecule has 0 amide bonds. The molecule has 4 nitrogen and oxygen atoms in total. The highest BCUT2D eigenvalue weighted by atomic mass is 32.1. The van der Waals surface area contributed by atoms with Crippen LogP contribution in [-0.4, -0.2) is 19.6 Å². The highest BCUT2D eigenvalue weighted by Gasteiger charge is 2.12. The van der Waals surface area contributed by atoms with E-state index in [0.717, 1.165) is 11.5 Å². The largest absolute Gasteiger partial charge is 0.386 e. The molecule has 2 heterocycles. The van der Waals surface area contributed by atoms with Crippen molar-refractivity contribution in [3.63, 3.8) is 0 Å². The molecule has 0 aliphatic rings. The monoisotopic (exact) mass is 209 g/mol. The van der Waals surface area contributed by atoms with Crippen molar-refractivity contribution < 1.29 is 5.11 Å². The lowest BCUT2D eigenvalue weighted by Crippen LogP contribution is -2.06. The van der Waals surface area contributed by atoms with Crippen molar-refractivity contribution in [2.75, 3.05) is 0 Å². The van der Waals surface area contributed by atoms with Crippen molar-refractivity contribution in [2.24, 2.45) is 7.05 Å². The number of hydrogen-bond acceptors (Lipinski definition) is 4. The van der Waals surface area contributed by atoms with Crippen molar-refractivity contribution >= 4 is 11.3 Å². The number of thiazole rings is 1. The van der Waals surface area contributed by atoms with Crippen molar-refractivity contribution in [3.8, 4) is 0 Å². The van der Waals surface area contributed by atoms with Crippen LogP contribution in [0.2, 0.25) is 0 Å². The highest BCUT2D eigenvalue weighted by molar-refractivity contribution is 7.07. The summed E-state index contributed by atoms with van der Waals surface area (Å²) in [5, 5.41) is 11.7. The average molecular weight is 209 g/mol. The van der Waals surface area contributed by atoms with E-state index in [4.69, 9.17) is 0 Å². The number of hydrogen-bond donors (Lipinski definition) is 1. The molecule has 74 valence electrons. The Labute approximate surface area is 85.9 Å². The van der Waals surface area contributed by atoms with Gasteiger partial charge in [-0.2, -0.15) is 0 Å². The van der Waals surface area contributed by atoms with Gasteiger partial charge in [-0.15, -0.1) is 11.3 Å². The first-order chi connectivity index (χ1) is 6.77. The van der Waals surface area contributed by atoms with Gasteiger partial charge in [0.05, 0.1) is 11.2 Å². The summed E-state index contributed by atoms with van der Waals surface area (Å²) >= 11 is 1.49. The lowest BCUT2D eigenvalue weighted by atomic mass is 10.2. The fraction of sp³-hybridized carbons (Fsp3) is 0.333. The number of aromatic nitrogens is 3. The Kier molecular flexibility index (Phi) is 2.60. The Morgan fingerprint density at radius 1 is 1.57 bits per heavy atom. The Morgan fingerprint density at radius 3 is 3.00 bits per heavy atom. The molecule has 0 saturated carbocycles. The molecular weight excluding hydrogens is 198 g/mol. The van der Waals surface area contributed by atoms with Gasteiger partial charge in [-0.25, -0.2) is 9.97 Å². The molecule has 1 atom stereocenters. The first-order valence-electron chi connectivity index (χ1n) is 4.29. The summed E-state index contributed by atoms with van der Waals surface area (Å²) in [5.74, 6) is 0.866. The van der Waals surface area contributed by atoms with E-state index in [1.165, 1.54) is 11.3 Å². The summed E-state index contributed by atoms with van der Waals surface area (Å²) in [7, 11) is 1.91. The topological polar surface area (TPSA) is 50.9 Å². The van der Waals surface area contributed by atoms with E-state index in [2.05, 4.69) is 9.97 Å². The highest BCUT2D eigenvalue weighted by Crippen LogP contribution is 2.16. The Hall–Kier alpha value is -1.20. The maximum atomic E-state index is 9.80. The molecule has 1 unspecified atom stereocenters. The summed E-state index contributed by atoms with van der Waals surface area (Å²) in [6.07, 6.45) is 3.54. The van der Waals surface area contributed by atoms with Crippen LogP contribution in [0.15, 0.2) is 23.3 Å². The van der Waals surface area contributed by atoms with Gasteiger partial charge in [0.1, 0.15) is 11.9 Å². The van der Waals surface area contributed by atoms with Crippen LogP contribution < -0.4 is 0 Å². The lowest BCUT2D eigenvalue weighted by molar-refractivity contribution is 0.171. The Balaban J connectivity index is 2.09. The summed E-state index contributed by atoms with van der Waals surface area (Å²) in [6, 6.07) is 0. The molecule has 0 radical (unpaired) electrons. The molecular formula is C9H11N3OS. The summed E-state index contributed by atoms with van der Waals surface area (Å²) < 4.78 is 1.90. The molecule has 2 aromatic rings. The summed E-state index contributed by atoms with van der Waals surface area (Å²) in [4.78, 5) is 8.20. The van der Waals surface area contributed by atoms with Crippen LogP contribution in [0.1, 0.15) is 17.6 Å². The zero-order valence-electron chi connectivity index (χ0n) is 7.79. The molecule has 5 heteroatoms. The van der Waals surface area contributed by atoms with Crippen LogP contribution >= 0.6 is 11.3 Å². The molecule has 14 heavy (non-hydrogen) atoms. The third kappa shape index (κ3) is 1.83. The molecule has 1 N–H and O–H groups in total. The number of nitrogens with zero attached hydrogens (tertiary/aromatic N) is 3. The second-order valence-corrected chi connectivity index (χ2v) is 3.81. The summed E-state index contributed by atoms with van der Waals surface area (Å²) in [5.41, 5.74) is 2.44. The van der Waals surface area contributed by atoms with Crippen LogP contribution in [0.3, 0.4) is 0 Å². The number of rotatable bonds is 3. The van der Waals surface area contributed by atoms with Crippen molar-refractivity contribution in [1.82, 2.24) is 14.5 Å². The van der Waals surface area contributed by atoms with Gasteiger partial charge in [0.25, 0.3) is 0 Å². The van der Waals surface area contributed by atoms with E-state index >= 15 is 0 Å². The fourth-order valence-electron chi connectivity index (χ4n) is 1.26. The molecule has 0 saturated heterocycles. The van der Waals surface area contributed by atoms with Crippen LogP contribution in [0.5, 0.6) is 0 Å². The summed E-state index contributed by atoms with van der Waals surface area (Å²) in [6.45, 7) is 0. The minimum Gasteiger partial charge on any atom is -0.386 e. The third-order valence-corrected chi connectivity index (χ3v) is 2.69. The Bertz CT molecular complexity index is 396. The molecule has 0 spiro atoms. The van der Waals surface area contributed by atoms with Gasteiger partial charge in [-0.05, 0) is 0 Å². The minimum absolute atomic E-state index is 0.507. The second-order valence-electron chi connectivity index (χ2n) is 3.09. The zero-order chi connectivity index (χ0) is 9.97. The SMILES string of the molecule is Cn1ccnc1CC(O)c1cscn1. The standard InChI is InChI=1S/C9H11N3OS/c1-12-3-2-10-9(12)4-8(13)7-5-14-6-11-7/h2-3,5-6,8,13H,4H2,1H3. The van der Waals surface area contributed by atoms with E-state index in [-0.39, 0.29) is 0 Å². The van der Waals surface area contributed by atoms with Crippen molar-refractivity contribution in [2.45, 2.75) is 12.5 Å². The van der Waals surface area contributed by atoms with Crippen LogP contribution in [0.25, 0.3) is 0 Å². The molecule has 0 bridgehead atoms. The van der Waals surface area contributed by atoms with Crippen LogP contribution in [0.4, 0.5) is 0 Å². The van der Waals surface area contributed by atoms with Gasteiger partial charge in [-0.3, -0.25) is 0 Å². The third-order valence-electron chi connectivity index (χ3n) is 2.09. The normalized spacial score (nSPS) is 13.0. The van der Waals surface area contributed by atoms with Gasteiger partial charge >= 0.3 is 0 Å². The quantitative estimate of drug-likeness (QED) is 0.825. The van der Waals surface area contributed by atoms with E-state index in [1.807, 2.05) is 23.2 Å². The van der Waals surface area contributed by atoms with Gasteiger partial charge in [-0.1, -0.05) is 0 Å². The van der Waals surface area contributed by atoms with Crippen molar-refractivity contribution in [3.05, 3.63) is 34.8 Å². The van der Waals surface area contributed by atoms with Crippen LogP contribution in [0, 0.1) is 0 Å². The molecule has 0 aliphatic carbocycles. The maximum absolute atomic E-state index is 9.80. The number of imidazole rings is 1. The molecule has 0 fully saturated rings. The molecule has 0 aliphatic heterocycles. The van der Waals surface area contributed by atoms with E-state index in [9.17, 15) is 5.11 Å². The zero-order valence-corrected chi connectivity index (χ0v) is 8.61. The lowest BCUT2D eigenvalue weighted by Gasteiger charge is -2.07. The van der Waals surface area contributed by atoms with Crippen LogP contribution in [-0.2, 0) is 13.5 Å². The molecule has 2 rings (SSSR count). The van der Waals surface area contributed by atoms with Gasteiger partial charge < -0.3 is 9.67 Å². The number of aliphatic hydroxyl groups excluding tert-OH is 1. The molecule has 2 aromatic heterocycles. The van der Waals surface area contributed by atoms with Crippen molar-refractivity contribution in [1.29, 1.82) is 0 Å². The fourth-order valence-corrected chi connectivity index (χ4v) is 1.86. The average Bonchev–Trinajstić information content (AvgIpc) is 2.77. The van der Waals surface area contributed by atoms with E-state index in [1.54, 1.807) is 11.7 Å². The van der Waals surface area contributed by atoms with E-state index < -0.39 is 6.10 Å². The van der Waals surface area contributed by atoms with Gasteiger partial charge in [0.15, 0.2) is 0 Å². The first-order valence-corrected chi connectivity index (χ1v) is 5.24.